The monoisotopic (exact) mass is 446 g/mol. The molecule has 0 radical (unpaired) electrons. The Labute approximate surface area is 193 Å². The summed E-state index contributed by atoms with van der Waals surface area (Å²) < 4.78 is 25.1. The van der Waals surface area contributed by atoms with Gasteiger partial charge in [-0.05, 0) is 41.7 Å². The van der Waals surface area contributed by atoms with Crippen LogP contribution in [0.15, 0.2) is 72.8 Å². The maximum Gasteiger partial charge on any atom is 0.231 e. The molecule has 0 aliphatic carbocycles. The summed E-state index contributed by atoms with van der Waals surface area (Å²) in [7, 11) is 0. The lowest BCUT2D eigenvalue weighted by Gasteiger charge is -2.37. The van der Waals surface area contributed by atoms with Crippen LogP contribution < -0.4 is 14.8 Å². The number of amides is 1. The molecule has 5 rings (SSSR count). The van der Waals surface area contributed by atoms with Gasteiger partial charge in [0, 0.05) is 31.7 Å². The number of ether oxygens (including phenoxy) is 2. The number of carbonyl (C=O) groups excluding carboxylic acids is 1. The number of carbonyl (C=O) groups is 1. The van der Waals surface area contributed by atoms with Crippen molar-refractivity contribution in [3.05, 3.63) is 95.3 Å². The number of halogens is 1. The molecule has 3 aromatic carbocycles. The first-order valence-electron chi connectivity index (χ1n) is 11.3. The second-order valence-electron chi connectivity index (χ2n) is 8.73. The fourth-order valence-corrected chi connectivity index (χ4v) is 4.73. The van der Waals surface area contributed by atoms with Crippen LogP contribution >= 0.6 is 0 Å². The van der Waals surface area contributed by atoms with Crippen molar-refractivity contribution >= 4 is 5.91 Å². The molecule has 2 unspecified atom stereocenters. The molecule has 0 spiro atoms. The average molecular weight is 447 g/mol. The van der Waals surface area contributed by atoms with Crippen LogP contribution in [-0.4, -0.2) is 30.7 Å². The average Bonchev–Trinajstić information content (AvgIpc) is 3.32. The third kappa shape index (κ3) is 5.01. The standard InChI is InChI=1S/C27H27FN2O3/c28-24-9-5-4-8-21(24)15-30-16-22(20-6-2-1-3-7-20)13-23(17-30)27(31)29-14-19-10-11-25-26(12-19)33-18-32-25/h1-12,22-23H,13-18H2,(H,29,31). The molecule has 1 amide bonds. The molecule has 2 heterocycles. The molecule has 1 fully saturated rings. The first-order valence-corrected chi connectivity index (χ1v) is 11.3. The zero-order valence-corrected chi connectivity index (χ0v) is 18.4. The van der Waals surface area contributed by atoms with Gasteiger partial charge >= 0.3 is 0 Å². The van der Waals surface area contributed by atoms with Crippen LogP contribution in [0.2, 0.25) is 0 Å². The fraction of sp³-hybridized carbons (Fsp3) is 0.296. The van der Waals surface area contributed by atoms with E-state index in [0.717, 1.165) is 24.3 Å². The minimum absolute atomic E-state index is 0.0202. The van der Waals surface area contributed by atoms with E-state index < -0.39 is 0 Å². The summed E-state index contributed by atoms with van der Waals surface area (Å²) in [5.74, 6) is 1.29. The third-order valence-electron chi connectivity index (χ3n) is 6.42. The Hall–Kier alpha value is -3.38. The molecule has 3 aromatic rings. The van der Waals surface area contributed by atoms with Gasteiger partial charge in [-0.3, -0.25) is 9.69 Å². The van der Waals surface area contributed by atoms with Crippen molar-refractivity contribution in [2.75, 3.05) is 19.9 Å². The Bertz CT molecular complexity index is 1120. The summed E-state index contributed by atoms with van der Waals surface area (Å²) in [6, 6.07) is 22.8. The van der Waals surface area contributed by atoms with Gasteiger partial charge in [0.2, 0.25) is 12.7 Å². The van der Waals surface area contributed by atoms with Crippen LogP contribution in [0.3, 0.4) is 0 Å². The van der Waals surface area contributed by atoms with E-state index in [9.17, 15) is 9.18 Å². The number of hydrogen-bond donors (Lipinski definition) is 1. The van der Waals surface area contributed by atoms with Gasteiger partial charge in [-0.25, -0.2) is 4.39 Å². The van der Waals surface area contributed by atoms with Gasteiger partial charge < -0.3 is 14.8 Å². The lowest BCUT2D eigenvalue weighted by atomic mass is 9.84. The lowest BCUT2D eigenvalue weighted by Crippen LogP contribution is -2.45. The zero-order chi connectivity index (χ0) is 22.6. The Morgan fingerprint density at radius 1 is 0.970 bits per heavy atom. The van der Waals surface area contributed by atoms with Gasteiger partial charge in [0.1, 0.15) is 5.82 Å². The lowest BCUT2D eigenvalue weighted by molar-refractivity contribution is -0.127. The number of nitrogens with one attached hydrogen (secondary N) is 1. The Balaban J connectivity index is 1.29. The predicted octanol–water partition coefficient (Wildman–Crippen LogP) is 4.48. The van der Waals surface area contributed by atoms with E-state index in [1.165, 1.54) is 11.6 Å². The maximum absolute atomic E-state index is 14.3. The summed E-state index contributed by atoms with van der Waals surface area (Å²) in [6.45, 7) is 2.54. The molecule has 1 saturated heterocycles. The Morgan fingerprint density at radius 2 is 1.76 bits per heavy atom. The highest BCUT2D eigenvalue weighted by Crippen LogP contribution is 2.33. The normalized spacial score (nSPS) is 19.9. The van der Waals surface area contributed by atoms with Crippen LogP contribution in [0.25, 0.3) is 0 Å². The van der Waals surface area contributed by atoms with E-state index in [1.54, 1.807) is 6.07 Å². The van der Waals surface area contributed by atoms with Gasteiger partial charge in [0.25, 0.3) is 0 Å². The highest BCUT2D eigenvalue weighted by molar-refractivity contribution is 5.79. The van der Waals surface area contributed by atoms with Crippen molar-refractivity contribution in [2.45, 2.75) is 25.4 Å². The van der Waals surface area contributed by atoms with E-state index >= 15 is 0 Å². The van der Waals surface area contributed by atoms with Crippen molar-refractivity contribution in [3.8, 4) is 11.5 Å². The number of likely N-dealkylation sites (tertiary alicyclic amines) is 1. The number of hydrogen-bond acceptors (Lipinski definition) is 4. The van der Waals surface area contributed by atoms with Crippen molar-refractivity contribution in [1.82, 2.24) is 10.2 Å². The van der Waals surface area contributed by atoms with Crippen molar-refractivity contribution in [3.63, 3.8) is 0 Å². The summed E-state index contributed by atoms with van der Waals surface area (Å²) in [4.78, 5) is 15.4. The highest BCUT2D eigenvalue weighted by atomic mass is 19.1. The van der Waals surface area contributed by atoms with Crippen LogP contribution in [0, 0.1) is 11.7 Å². The molecule has 33 heavy (non-hydrogen) atoms. The summed E-state index contributed by atoms with van der Waals surface area (Å²) in [6.07, 6.45) is 0.769. The fourth-order valence-electron chi connectivity index (χ4n) is 4.73. The minimum Gasteiger partial charge on any atom is -0.454 e. The number of rotatable bonds is 6. The molecular formula is C27H27FN2O3. The maximum atomic E-state index is 14.3. The quantitative estimate of drug-likeness (QED) is 0.607. The second-order valence-corrected chi connectivity index (χ2v) is 8.73. The van der Waals surface area contributed by atoms with Gasteiger partial charge in [-0.15, -0.1) is 0 Å². The van der Waals surface area contributed by atoms with E-state index in [4.69, 9.17) is 9.47 Å². The molecule has 170 valence electrons. The molecule has 0 bridgehead atoms. The van der Waals surface area contributed by atoms with Gasteiger partial charge in [-0.1, -0.05) is 54.6 Å². The largest absolute Gasteiger partial charge is 0.454 e. The van der Waals surface area contributed by atoms with Crippen LogP contribution in [0.4, 0.5) is 4.39 Å². The van der Waals surface area contributed by atoms with Gasteiger partial charge in [-0.2, -0.15) is 0 Å². The topological polar surface area (TPSA) is 50.8 Å². The molecule has 1 N–H and O–H groups in total. The first kappa shape index (κ1) is 21.5. The number of benzene rings is 3. The summed E-state index contributed by atoms with van der Waals surface area (Å²) in [5.41, 5.74) is 2.83. The Kier molecular flexibility index (Phi) is 6.26. The molecule has 6 heteroatoms. The van der Waals surface area contributed by atoms with Crippen LogP contribution in [0.5, 0.6) is 11.5 Å². The van der Waals surface area contributed by atoms with E-state index in [-0.39, 0.29) is 30.4 Å². The zero-order valence-electron chi connectivity index (χ0n) is 18.4. The highest BCUT2D eigenvalue weighted by Gasteiger charge is 2.32. The van der Waals surface area contributed by atoms with E-state index in [1.807, 2.05) is 48.5 Å². The Morgan fingerprint density at radius 3 is 2.61 bits per heavy atom. The smallest absolute Gasteiger partial charge is 0.231 e. The van der Waals surface area contributed by atoms with E-state index in [0.29, 0.717) is 30.9 Å². The van der Waals surface area contributed by atoms with Crippen molar-refractivity contribution in [2.24, 2.45) is 5.92 Å². The molecule has 2 aliphatic heterocycles. The van der Waals surface area contributed by atoms with Gasteiger partial charge in [0.15, 0.2) is 11.5 Å². The predicted molar refractivity (Wildman–Crippen MR) is 123 cm³/mol. The van der Waals surface area contributed by atoms with Crippen LogP contribution in [0.1, 0.15) is 29.0 Å². The first-order chi connectivity index (χ1) is 16.2. The van der Waals surface area contributed by atoms with Gasteiger partial charge in [0.05, 0.1) is 5.92 Å². The van der Waals surface area contributed by atoms with Crippen LogP contribution in [-0.2, 0) is 17.9 Å². The molecule has 2 aliphatic rings. The third-order valence-corrected chi connectivity index (χ3v) is 6.42. The molecule has 2 atom stereocenters. The SMILES string of the molecule is O=C(NCc1ccc2c(c1)OCO2)C1CC(c2ccccc2)CN(Cc2ccccc2F)C1. The summed E-state index contributed by atoms with van der Waals surface area (Å²) >= 11 is 0. The number of fused-ring (bicyclic) bond motifs is 1. The number of nitrogens with zero attached hydrogens (tertiary/aromatic N) is 1. The van der Waals surface area contributed by atoms with Crippen molar-refractivity contribution in [1.29, 1.82) is 0 Å². The van der Waals surface area contributed by atoms with Crippen molar-refractivity contribution < 1.29 is 18.7 Å². The number of piperidine rings is 1. The molecular weight excluding hydrogens is 419 g/mol. The summed E-state index contributed by atoms with van der Waals surface area (Å²) in [5, 5.41) is 3.09. The molecule has 0 saturated carbocycles. The molecule has 0 aromatic heterocycles. The van der Waals surface area contributed by atoms with E-state index in [2.05, 4.69) is 22.3 Å². The second kappa shape index (κ2) is 9.63. The molecule has 5 nitrogen and oxygen atoms in total. The minimum atomic E-state index is -0.205.